The Morgan fingerprint density at radius 3 is 2.19 bits per heavy atom. The normalized spacial score (nSPS) is 25.7. The van der Waals surface area contributed by atoms with Crippen molar-refractivity contribution in [1.29, 1.82) is 0 Å². The number of carbonyl (C=O) groups excluding carboxylic acids is 1. The predicted molar refractivity (Wildman–Crippen MR) is 95.9 cm³/mol. The van der Waals surface area contributed by atoms with E-state index in [1.807, 2.05) is 20.8 Å². The van der Waals surface area contributed by atoms with Crippen molar-refractivity contribution in [3.8, 4) is 17.2 Å². The van der Waals surface area contributed by atoms with Crippen LogP contribution in [0.1, 0.15) is 74.4 Å². The molecule has 0 bridgehead atoms. The van der Waals surface area contributed by atoms with Gasteiger partial charge in [0.25, 0.3) is 0 Å². The van der Waals surface area contributed by atoms with Gasteiger partial charge in [-0.25, -0.2) is 0 Å². The molecule has 1 aromatic rings. The van der Waals surface area contributed by atoms with Crippen molar-refractivity contribution in [1.82, 2.24) is 0 Å². The lowest BCUT2D eigenvalue weighted by Crippen LogP contribution is -2.43. The molecular weight excluding hydrogens is 336 g/mol. The highest BCUT2D eigenvalue weighted by Crippen LogP contribution is 2.61. The molecule has 1 fully saturated rings. The Hall–Kier alpha value is -2.21. The van der Waals surface area contributed by atoms with E-state index < -0.39 is 45.5 Å². The molecule has 2 atom stereocenters. The summed E-state index contributed by atoms with van der Waals surface area (Å²) >= 11 is 0. The number of carbonyl (C=O) groups is 1. The molecule has 6 nitrogen and oxygen atoms in total. The van der Waals surface area contributed by atoms with Crippen LogP contribution in [-0.4, -0.2) is 37.9 Å². The van der Waals surface area contributed by atoms with E-state index in [4.69, 9.17) is 0 Å². The molecule has 0 heterocycles. The van der Waals surface area contributed by atoms with Crippen molar-refractivity contribution in [3.63, 3.8) is 0 Å². The van der Waals surface area contributed by atoms with Gasteiger partial charge in [0.05, 0.1) is 5.56 Å². The van der Waals surface area contributed by atoms with Crippen LogP contribution >= 0.6 is 0 Å². The second-order valence-electron chi connectivity index (χ2n) is 8.42. The molecule has 0 unspecified atom stereocenters. The van der Waals surface area contributed by atoms with Crippen LogP contribution in [0, 0.1) is 5.41 Å². The summed E-state index contributed by atoms with van der Waals surface area (Å²) in [5.41, 5.74) is -0.921. The SMILES string of the molecule is C[C@H](CO)c1c(O)c(O)c2c(c1O)C(=O)C(O)=C1C(C)(C)CCC[C@]12C. The van der Waals surface area contributed by atoms with Crippen molar-refractivity contribution in [2.24, 2.45) is 5.41 Å². The van der Waals surface area contributed by atoms with Gasteiger partial charge in [-0.15, -0.1) is 0 Å². The van der Waals surface area contributed by atoms with Crippen LogP contribution in [0.25, 0.3) is 0 Å². The van der Waals surface area contributed by atoms with E-state index in [9.17, 15) is 30.3 Å². The fourth-order valence-corrected chi connectivity index (χ4v) is 4.99. The number of allylic oxidation sites excluding steroid dienone is 2. The maximum atomic E-state index is 12.9. The zero-order valence-corrected chi connectivity index (χ0v) is 15.6. The molecule has 6 heteroatoms. The van der Waals surface area contributed by atoms with Gasteiger partial charge < -0.3 is 25.5 Å². The van der Waals surface area contributed by atoms with Crippen molar-refractivity contribution in [2.75, 3.05) is 6.61 Å². The Balaban J connectivity index is 2.44. The zero-order chi connectivity index (χ0) is 19.6. The average Bonchev–Trinajstić information content (AvgIpc) is 2.55. The number of phenols is 3. The van der Waals surface area contributed by atoms with Gasteiger partial charge in [0.2, 0.25) is 5.78 Å². The highest BCUT2D eigenvalue weighted by Gasteiger charge is 2.53. The molecule has 2 aliphatic carbocycles. The number of fused-ring (bicyclic) bond motifs is 3. The van der Waals surface area contributed by atoms with Gasteiger partial charge >= 0.3 is 0 Å². The maximum absolute atomic E-state index is 12.9. The summed E-state index contributed by atoms with van der Waals surface area (Å²) in [6.45, 7) is 6.87. The summed E-state index contributed by atoms with van der Waals surface area (Å²) in [5.74, 6) is -3.33. The van der Waals surface area contributed by atoms with Crippen LogP contribution in [0.15, 0.2) is 11.3 Å². The minimum absolute atomic E-state index is 0.0907. The first kappa shape index (κ1) is 18.6. The first-order valence-electron chi connectivity index (χ1n) is 8.90. The van der Waals surface area contributed by atoms with Gasteiger partial charge in [0, 0.05) is 29.1 Å². The van der Waals surface area contributed by atoms with Gasteiger partial charge in [0.15, 0.2) is 17.3 Å². The van der Waals surface area contributed by atoms with Gasteiger partial charge in [-0.1, -0.05) is 34.1 Å². The van der Waals surface area contributed by atoms with Crippen LogP contribution in [-0.2, 0) is 5.41 Å². The van der Waals surface area contributed by atoms with Gasteiger partial charge in [-0.2, -0.15) is 0 Å². The van der Waals surface area contributed by atoms with Crippen molar-refractivity contribution < 1.29 is 30.3 Å². The van der Waals surface area contributed by atoms with Gasteiger partial charge in [-0.05, 0) is 23.8 Å². The van der Waals surface area contributed by atoms with Crippen molar-refractivity contribution in [3.05, 3.63) is 28.0 Å². The molecular formula is C20H26O6. The molecule has 1 aromatic carbocycles. The van der Waals surface area contributed by atoms with Crippen LogP contribution in [0.4, 0.5) is 0 Å². The van der Waals surface area contributed by atoms with Crippen LogP contribution < -0.4 is 0 Å². The molecule has 2 aliphatic rings. The van der Waals surface area contributed by atoms with Crippen LogP contribution in [0.5, 0.6) is 17.2 Å². The number of aromatic hydroxyl groups is 3. The summed E-state index contributed by atoms with van der Waals surface area (Å²) < 4.78 is 0. The smallest absolute Gasteiger partial charge is 0.231 e. The Labute approximate surface area is 152 Å². The highest BCUT2D eigenvalue weighted by atomic mass is 16.3. The number of rotatable bonds is 2. The molecule has 0 spiro atoms. The van der Waals surface area contributed by atoms with E-state index in [1.165, 1.54) is 0 Å². The number of hydrogen-bond acceptors (Lipinski definition) is 6. The van der Waals surface area contributed by atoms with E-state index in [2.05, 4.69) is 0 Å². The molecule has 0 saturated heterocycles. The fraction of sp³-hybridized carbons (Fsp3) is 0.550. The molecule has 0 aliphatic heterocycles. The lowest BCUT2D eigenvalue weighted by Gasteiger charge is -2.49. The van der Waals surface area contributed by atoms with E-state index in [0.29, 0.717) is 12.0 Å². The molecule has 1 saturated carbocycles. The van der Waals surface area contributed by atoms with Crippen molar-refractivity contribution >= 4 is 5.78 Å². The minimum Gasteiger partial charge on any atom is -0.507 e. The number of ketones is 1. The number of hydrogen-bond donors (Lipinski definition) is 5. The molecule has 5 N–H and O–H groups in total. The molecule has 0 aromatic heterocycles. The van der Waals surface area contributed by atoms with E-state index >= 15 is 0 Å². The number of aliphatic hydroxyl groups excluding tert-OH is 2. The monoisotopic (exact) mass is 362 g/mol. The summed E-state index contributed by atoms with van der Waals surface area (Å²) in [6.07, 6.45) is 2.16. The fourth-order valence-electron chi connectivity index (χ4n) is 4.99. The number of benzene rings is 1. The molecule has 142 valence electrons. The second kappa shape index (κ2) is 5.64. The summed E-state index contributed by atoms with van der Waals surface area (Å²) in [4.78, 5) is 12.9. The van der Waals surface area contributed by atoms with E-state index in [1.54, 1.807) is 6.92 Å². The van der Waals surface area contributed by atoms with E-state index in [0.717, 1.165) is 12.8 Å². The highest BCUT2D eigenvalue weighted by molar-refractivity contribution is 6.13. The Morgan fingerprint density at radius 2 is 1.62 bits per heavy atom. The lowest BCUT2D eigenvalue weighted by atomic mass is 9.54. The Bertz CT molecular complexity index is 835. The van der Waals surface area contributed by atoms with E-state index in [-0.39, 0.29) is 23.3 Å². The zero-order valence-electron chi connectivity index (χ0n) is 15.6. The standard InChI is InChI=1S/C20H26O6/c1-9(8-21)10-13(22)11-12(16(25)14(10)23)20(4)7-5-6-19(2,3)18(20)17(26)15(11)24/h9,21-23,25-26H,5-8H2,1-4H3/t9-,20+/m1/s1. The average molecular weight is 362 g/mol. The second-order valence-corrected chi connectivity index (χ2v) is 8.42. The quantitative estimate of drug-likeness (QED) is 0.407. The largest absolute Gasteiger partial charge is 0.507 e. The molecule has 26 heavy (non-hydrogen) atoms. The first-order valence-corrected chi connectivity index (χ1v) is 8.90. The minimum atomic E-state index is -0.880. The topological polar surface area (TPSA) is 118 Å². The van der Waals surface area contributed by atoms with Crippen LogP contribution in [0.3, 0.4) is 0 Å². The first-order chi connectivity index (χ1) is 12.0. The summed E-state index contributed by atoms with van der Waals surface area (Å²) in [6, 6.07) is 0. The van der Waals surface area contributed by atoms with Gasteiger partial charge in [0.1, 0.15) is 5.75 Å². The third-order valence-electron chi connectivity index (χ3n) is 6.16. The number of Topliss-reactive ketones (excluding diaryl/α,β-unsaturated/α-hetero) is 1. The Kier molecular flexibility index (Phi) is 4.03. The van der Waals surface area contributed by atoms with Crippen molar-refractivity contribution in [2.45, 2.75) is 58.3 Å². The molecule has 0 amide bonds. The third kappa shape index (κ3) is 2.18. The lowest BCUT2D eigenvalue weighted by molar-refractivity contribution is 0.0934. The summed E-state index contributed by atoms with van der Waals surface area (Å²) in [5, 5.41) is 52.1. The predicted octanol–water partition coefficient (Wildman–Crippen LogP) is 3.38. The molecule has 0 radical (unpaired) electrons. The number of aliphatic hydroxyl groups is 2. The Morgan fingerprint density at radius 1 is 1.00 bits per heavy atom. The summed E-state index contributed by atoms with van der Waals surface area (Å²) in [7, 11) is 0. The molecule has 3 rings (SSSR count). The maximum Gasteiger partial charge on any atom is 0.231 e. The van der Waals surface area contributed by atoms with Gasteiger partial charge in [-0.3, -0.25) is 4.79 Å². The number of phenolic OH excluding ortho intramolecular Hbond substituents is 3. The third-order valence-corrected chi connectivity index (χ3v) is 6.16. The van der Waals surface area contributed by atoms with Crippen LogP contribution in [0.2, 0.25) is 0 Å².